The zero-order valence-corrected chi connectivity index (χ0v) is 22.7. The molecule has 2 N–H and O–H groups in total. The van der Waals surface area contributed by atoms with Gasteiger partial charge in [-0.05, 0) is 59.9 Å². The van der Waals surface area contributed by atoms with Gasteiger partial charge in [-0.3, -0.25) is 4.98 Å². The Balaban J connectivity index is 1.79. The van der Waals surface area contributed by atoms with E-state index in [0.717, 1.165) is 11.1 Å². The number of carbonyl (C=O) groups is 1. The first-order chi connectivity index (χ1) is 18.2. The highest BCUT2D eigenvalue weighted by Crippen LogP contribution is 2.21. The second-order valence-corrected chi connectivity index (χ2v) is 11.3. The number of pyridine rings is 1. The average molecular weight is 542 g/mol. The van der Waals surface area contributed by atoms with Crippen molar-refractivity contribution in [3.63, 3.8) is 0 Å². The molecule has 3 rings (SSSR count). The summed E-state index contributed by atoms with van der Waals surface area (Å²) in [7, 11) is -2.42. The van der Waals surface area contributed by atoms with Crippen molar-refractivity contribution in [2.45, 2.75) is 43.9 Å². The van der Waals surface area contributed by atoms with Gasteiger partial charge in [0.2, 0.25) is 10.0 Å². The third kappa shape index (κ3) is 8.54. The number of alkyl carbamates (subject to hydrolysis) is 1. The van der Waals surface area contributed by atoms with Crippen LogP contribution in [0.25, 0.3) is 0 Å². The number of sulfonamides is 1. The molecule has 1 aromatic heterocycles. The predicted octanol–water partition coefficient (Wildman–Crippen LogP) is 3.64. The SMILES string of the molecule is COc1ccc(S(=O)(=O)N(CC(C)C)C[C@H](O)C(Cc2ccccc2)NC(=O)OCc2ccncc2)cc1. The van der Waals surface area contributed by atoms with Crippen molar-refractivity contribution < 1.29 is 27.8 Å². The van der Waals surface area contributed by atoms with Gasteiger partial charge in [0, 0.05) is 25.5 Å². The van der Waals surface area contributed by atoms with E-state index in [1.165, 1.54) is 23.5 Å². The van der Waals surface area contributed by atoms with E-state index in [4.69, 9.17) is 9.47 Å². The van der Waals surface area contributed by atoms with Gasteiger partial charge in [-0.1, -0.05) is 44.2 Å². The number of ether oxygens (including phenoxy) is 2. The molecule has 9 nitrogen and oxygen atoms in total. The van der Waals surface area contributed by atoms with Crippen LogP contribution in [0.15, 0.2) is 84.0 Å². The smallest absolute Gasteiger partial charge is 0.407 e. The molecule has 0 fully saturated rings. The van der Waals surface area contributed by atoms with Gasteiger partial charge >= 0.3 is 6.09 Å². The van der Waals surface area contributed by atoms with E-state index in [0.29, 0.717) is 5.75 Å². The number of carbonyl (C=O) groups excluding carboxylic acids is 1. The number of benzene rings is 2. The first-order valence-electron chi connectivity index (χ1n) is 12.4. The highest BCUT2D eigenvalue weighted by molar-refractivity contribution is 7.89. The summed E-state index contributed by atoms with van der Waals surface area (Å²) in [5, 5.41) is 14.0. The average Bonchev–Trinajstić information content (AvgIpc) is 2.92. The zero-order valence-electron chi connectivity index (χ0n) is 21.9. The molecule has 0 aliphatic heterocycles. The van der Waals surface area contributed by atoms with Crippen LogP contribution in [0.4, 0.5) is 4.79 Å². The Morgan fingerprint density at radius 3 is 2.24 bits per heavy atom. The first kappa shape index (κ1) is 29.1. The van der Waals surface area contributed by atoms with Crippen molar-refractivity contribution in [3.8, 4) is 5.75 Å². The lowest BCUT2D eigenvalue weighted by Crippen LogP contribution is -2.51. The van der Waals surface area contributed by atoms with Crippen LogP contribution in [-0.4, -0.2) is 61.3 Å². The normalized spacial score (nSPS) is 13.2. The summed E-state index contributed by atoms with van der Waals surface area (Å²) in [6.07, 6.45) is 1.56. The predicted molar refractivity (Wildman–Crippen MR) is 144 cm³/mol. The Bertz CT molecular complexity index is 1240. The van der Waals surface area contributed by atoms with E-state index in [-0.39, 0.29) is 36.9 Å². The van der Waals surface area contributed by atoms with Gasteiger partial charge in [0.25, 0.3) is 0 Å². The number of rotatable bonds is 13. The summed E-state index contributed by atoms with van der Waals surface area (Å²) in [5.74, 6) is 0.540. The first-order valence-corrected chi connectivity index (χ1v) is 13.8. The maximum atomic E-state index is 13.5. The summed E-state index contributed by atoms with van der Waals surface area (Å²) in [5.41, 5.74) is 1.64. The lowest BCUT2D eigenvalue weighted by Gasteiger charge is -2.30. The number of nitrogens with one attached hydrogen (secondary N) is 1. The molecular weight excluding hydrogens is 506 g/mol. The Kier molecular flexibility index (Phi) is 10.6. The molecule has 0 saturated heterocycles. The molecule has 0 aliphatic rings. The van der Waals surface area contributed by atoms with Gasteiger partial charge in [-0.15, -0.1) is 0 Å². The van der Waals surface area contributed by atoms with Crippen molar-refractivity contribution in [1.82, 2.24) is 14.6 Å². The maximum Gasteiger partial charge on any atom is 0.407 e. The number of amides is 1. The number of methoxy groups -OCH3 is 1. The third-order valence-electron chi connectivity index (χ3n) is 5.84. The van der Waals surface area contributed by atoms with E-state index in [1.807, 2.05) is 44.2 Å². The van der Waals surface area contributed by atoms with Gasteiger partial charge < -0.3 is 19.9 Å². The monoisotopic (exact) mass is 541 g/mol. The molecule has 1 amide bonds. The van der Waals surface area contributed by atoms with Crippen LogP contribution in [0.1, 0.15) is 25.0 Å². The topological polar surface area (TPSA) is 118 Å². The van der Waals surface area contributed by atoms with Crippen molar-refractivity contribution in [3.05, 3.63) is 90.3 Å². The summed E-state index contributed by atoms with van der Waals surface area (Å²) < 4.78 is 38.8. The van der Waals surface area contributed by atoms with E-state index in [1.54, 1.807) is 36.7 Å². The fourth-order valence-electron chi connectivity index (χ4n) is 3.88. The second kappa shape index (κ2) is 13.9. The van der Waals surface area contributed by atoms with Crippen LogP contribution in [0, 0.1) is 5.92 Å². The molecule has 10 heteroatoms. The summed E-state index contributed by atoms with van der Waals surface area (Å²) in [6, 6.07) is 18.1. The lowest BCUT2D eigenvalue weighted by molar-refractivity contribution is 0.0873. The maximum absolute atomic E-state index is 13.5. The number of hydrogen-bond acceptors (Lipinski definition) is 7. The molecule has 0 spiro atoms. The van der Waals surface area contributed by atoms with Gasteiger partial charge in [0.1, 0.15) is 12.4 Å². The number of aromatic nitrogens is 1. The standard InChI is InChI=1S/C28H35N3O6S/c1-21(2)18-31(38(34,35)25-11-9-24(36-3)10-12-25)19-27(32)26(17-22-7-5-4-6-8-22)30-28(33)37-20-23-13-15-29-16-14-23/h4-16,21,26-27,32H,17-20H2,1-3H3,(H,30,33)/t26?,27-/m0/s1. The van der Waals surface area contributed by atoms with E-state index in [2.05, 4.69) is 10.3 Å². The highest BCUT2D eigenvalue weighted by atomic mass is 32.2. The fourth-order valence-corrected chi connectivity index (χ4v) is 5.50. The molecule has 0 radical (unpaired) electrons. The van der Waals surface area contributed by atoms with Crippen LogP contribution in [0.5, 0.6) is 5.75 Å². The van der Waals surface area contributed by atoms with Crippen molar-refractivity contribution >= 4 is 16.1 Å². The quantitative estimate of drug-likeness (QED) is 0.339. The second-order valence-electron chi connectivity index (χ2n) is 9.33. The minimum absolute atomic E-state index is 0.00100. The van der Waals surface area contributed by atoms with Gasteiger partial charge in [0.15, 0.2) is 0 Å². The molecule has 1 heterocycles. The van der Waals surface area contributed by atoms with Gasteiger partial charge in [-0.2, -0.15) is 4.31 Å². The molecule has 204 valence electrons. The van der Waals surface area contributed by atoms with Crippen molar-refractivity contribution in [2.75, 3.05) is 20.2 Å². The number of aliphatic hydroxyl groups is 1. The molecule has 2 atom stereocenters. The molecule has 3 aromatic rings. The minimum atomic E-state index is -3.93. The van der Waals surface area contributed by atoms with Crippen molar-refractivity contribution in [1.29, 1.82) is 0 Å². The van der Waals surface area contributed by atoms with Crippen LogP contribution >= 0.6 is 0 Å². The van der Waals surface area contributed by atoms with Crippen molar-refractivity contribution in [2.24, 2.45) is 5.92 Å². The van der Waals surface area contributed by atoms with Gasteiger partial charge in [0.05, 0.1) is 24.2 Å². The van der Waals surface area contributed by atoms with Gasteiger partial charge in [-0.25, -0.2) is 13.2 Å². The largest absolute Gasteiger partial charge is 0.497 e. The zero-order chi connectivity index (χ0) is 27.5. The number of aliphatic hydroxyl groups excluding tert-OH is 1. The summed E-state index contributed by atoms with van der Waals surface area (Å²) in [4.78, 5) is 16.7. The Morgan fingerprint density at radius 2 is 1.63 bits per heavy atom. The molecule has 0 bridgehead atoms. The minimum Gasteiger partial charge on any atom is -0.497 e. The third-order valence-corrected chi connectivity index (χ3v) is 7.69. The van der Waals surface area contributed by atoms with Crippen LogP contribution in [-0.2, 0) is 27.8 Å². The van der Waals surface area contributed by atoms with E-state index >= 15 is 0 Å². The summed E-state index contributed by atoms with van der Waals surface area (Å²) in [6.45, 7) is 3.82. The van der Waals surface area contributed by atoms with Crippen LogP contribution in [0.2, 0.25) is 0 Å². The van der Waals surface area contributed by atoms with Crippen LogP contribution < -0.4 is 10.1 Å². The Labute approximate surface area is 224 Å². The molecular formula is C28H35N3O6S. The lowest BCUT2D eigenvalue weighted by atomic mass is 10.0. The number of hydrogen-bond donors (Lipinski definition) is 2. The molecule has 0 aliphatic carbocycles. The highest BCUT2D eigenvalue weighted by Gasteiger charge is 2.31. The molecule has 1 unspecified atom stereocenters. The Hall–Kier alpha value is -3.47. The van der Waals surface area contributed by atoms with E-state index < -0.39 is 28.3 Å². The van der Waals surface area contributed by atoms with Crippen LogP contribution in [0.3, 0.4) is 0 Å². The fraction of sp³-hybridized carbons (Fsp3) is 0.357. The Morgan fingerprint density at radius 1 is 0.974 bits per heavy atom. The molecule has 0 saturated carbocycles. The molecule has 2 aromatic carbocycles. The summed E-state index contributed by atoms with van der Waals surface area (Å²) >= 11 is 0. The number of nitrogens with zero attached hydrogens (tertiary/aromatic N) is 2. The van der Waals surface area contributed by atoms with E-state index in [9.17, 15) is 18.3 Å². The molecule has 38 heavy (non-hydrogen) atoms.